The smallest absolute Gasteiger partial charge is 0.0105 e. The van der Waals surface area contributed by atoms with Crippen LogP contribution in [0.3, 0.4) is 0 Å². The second-order valence-electron chi connectivity index (χ2n) is 7.28. The second-order valence-corrected chi connectivity index (χ2v) is 16.6. The van der Waals surface area contributed by atoms with Crippen molar-refractivity contribution >= 4 is 0 Å². The summed E-state index contributed by atoms with van der Waals surface area (Å²) >= 11 is -1.00. The summed E-state index contributed by atoms with van der Waals surface area (Å²) in [4.78, 5) is 0. The molecule has 0 saturated heterocycles. The van der Waals surface area contributed by atoms with E-state index < -0.39 is 16.6 Å². The van der Waals surface area contributed by atoms with Crippen LogP contribution in [0.5, 0.6) is 0 Å². The van der Waals surface area contributed by atoms with E-state index in [-0.39, 0.29) is 0 Å². The van der Waals surface area contributed by atoms with Gasteiger partial charge >= 0.3 is 37.5 Å². The Labute approximate surface area is 144 Å². The summed E-state index contributed by atoms with van der Waals surface area (Å²) in [7, 11) is 0. The summed E-state index contributed by atoms with van der Waals surface area (Å²) in [6.45, 7) is 0. The van der Waals surface area contributed by atoms with Gasteiger partial charge in [0.25, 0.3) is 0 Å². The third-order valence-corrected chi connectivity index (χ3v) is 3.10. The minimum Gasteiger partial charge on any atom is -0.0622 e. The Balaban J connectivity index is 0.000000338. The van der Waals surface area contributed by atoms with Crippen molar-refractivity contribution in [2.45, 2.75) is 20.9 Å². The zero-order chi connectivity index (χ0) is 16.7. The minimum absolute atomic E-state index is 1.00. The first-order valence-corrected chi connectivity index (χ1v) is 14.4. The molecule has 0 heterocycles. The molecule has 3 aromatic rings. The van der Waals surface area contributed by atoms with Gasteiger partial charge in [0.05, 0.1) is 0 Å². The number of hydrogen-bond acceptors (Lipinski definition) is 0. The average molecular weight is 338 g/mol. The maximum absolute atomic E-state index is 2.38. The summed E-state index contributed by atoms with van der Waals surface area (Å²) in [6.07, 6.45) is 0. The van der Waals surface area contributed by atoms with Crippen LogP contribution in [-0.2, 0) is 16.6 Å². The van der Waals surface area contributed by atoms with Crippen molar-refractivity contribution in [2.24, 2.45) is 0 Å². The van der Waals surface area contributed by atoms with Gasteiger partial charge in [-0.05, 0) is 22.3 Å². The fourth-order valence-electron chi connectivity index (χ4n) is 2.22. The van der Waals surface area contributed by atoms with E-state index in [2.05, 4.69) is 106 Å². The molecule has 3 aromatic carbocycles. The van der Waals surface area contributed by atoms with E-state index in [1.807, 2.05) is 0 Å². The van der Waals surface area contributed by atoms with Gasteiger partial charge in [0.1, 0.15) is 0 Å². The quantitative estimate of drug-likeness (QED) is 0.428. The Morgan fingerprint density at radius 2 is 0.696 bits per heavy atom. The molecule has 0 aromatic heterocycles. The molecular formula is C22H26Ti. The fourth-order valence-corrected chi connectivity index (χ4v) is 2.22. The van der Waals surface area contributed by atoms with Gasteiger partial charge < -0.3 is 0 Å². The molecule has 0 N–H and O–H groups in total. The topological polar surface area (TPSA) is 0 Å². The summed E-state index contributed by atoms with van der Waals surface area (Å²) in [5.74, 6) is 0. The molecule has 0 fully saturated rings. The third kappa shape index (κ3) is 6.18. The van der Waals surface area contributed by atoms with Crippen molar-refractivity contribution < 1.29 is 16.6 Å². The standard InChI is InChI=1S/C18H14.4CH3.Ti/c1-3-9-15(10-4-1)17-13-7-8-14-18(17)16-11-5-2-6-12-16;;;;;/h1-14H;4*1H3;. The van der Waals surface area contributed by atoms with Gasteiger partial charge in [-0.15, -0.1) is 0 Å². The maximum Gasteiger partial charge on any atom is -0.0105 e. The van der Waals surface area contributed by atoms with E-state index in [1.165, 1.54) is 22.3 Å². The van der Waals surface area contributed by atoms with Gasteiger partial charge in [-0.2, -0.15) is 0 Å². The Morgan fingerprint density at radius 3 is 1.00 bits per heavy atom. The van der Waals surface area contributed by atoms with Crippen molar-refractivity contribution in [2.75, 3.05) is 0 Å². The molecule has 0 saturated carbocycles. The predicted molar refractivity (Wildman–Crippen MR) is 101 cm³/mol. The number of hydrogen-bond donors (Lipinski definition) is 0. The zero-order valence-corrected chi connectivity index (χ0v) is 16.1. The first-order chi connectivity index (χ1) is 10.9. The van der Waals surface area contributed by atoms with Gasteiger partial charge in [0.2, 0.25) is 0 Å². The molecule has 0 bridgehead atoms. The molecule has 0 aliphatic rings. The van der Waals surface area contributed by atoms with Crippen LogP contribution in [0.2, 0.25) is 20.9 Å². The fraction of sp³-hybridized carbons (Fsp3) is 0.182. The average Bonchev–Trinajstić information content (AvgIpc) is 2.55. The molecule has 0 aliphatic heterocycles. The minimum atomic E-state index is -1.00. The Bertz CT molecular complexity index is 645. The molecular weight excluding hydrogens is 312 g/mol. The van der Waals surface area contributed by atoms with Crippen LogP contribution in [0, 0.1) is 0 Å². The molecule has 1 heteroatoms. The molecule has 118 valence electrons. The Kier molecular flexibility index (Phi) is 6.39. The SMILES string of the molecule is [CH3][Ti]([CH3])([CH3])[CH3].c1ccc(-c2ccccc2-c2ccccc2)cc1. The molecule has 0 spiro atoms. The van der Waals surface area contributed by atoms with Crippen LogP contribution in [0.15, 0.2) is 84.9 Å². The van der Waals surface area contributed by atoms with Crippen molar-refractivity contribution in [3.8, 4) is 22.3 Å². The molecule has 0 amide bonds. The van der Waals surface area contributed by atoms with Gasteiger partial charge in [-0.3, -0.25) is 0 Å². The monoisotopic (exact) mass is 338 g/mol. The number of benzene rings is 3. The van der Waals surface area contributed by atoms with Gasteiger partial charge in [0.15, 0.2) is 0 Å². The van der Waals surface area contributed by atoms with E-state index in [4.69, 9.17) is 0 Å². The van der Waals surface area contributed by atoms with Crippen LogP contribution in [0.1, 0.15) is 0 Å². The molecule has 0 radical (unpaired) electrons. The Hall–Kier alpha value is -1.63. The number of rotatable bonds is 2. The predicted octanol–water partition coefficient (Wildman–Crippen LogP) is 7.35. The van der Waals surface area contributed by atoms with E-state index in [0.717, 1.165) is 0 Å². The summed E-state index contributed by atoms with van der Waals surface area (Å²) in [5, 5.41) is 9.50. The second kappa shape index (κ2) is 8.29. The summed E-state index contributed by atoms with van der Waals surface area (Å²) < 4.78 is 0. The molecule has 23 heavy (non-hydrogen) atoms. The van der Waals surface area contributed by atoms with Crippen molar-refractivity contribution in [3.63, 3.8) is 0 Å². The zero-order valence-electron chi connectivity index (χ0n) is 14.6. The molecule has 0 atom stereocenters. The molecule has 0 nitrogen and oxygen atoms in total. The molecule has 3 rings (SSSR count). The normalized spacial score (nSPS) is 10.6. The van der Waals surface area contributed by atoms with Crippen LogP contribution in [0.4, 0.5) is 0 Å². The van der Waals surface area contributed by atoms with Crippen molar-refractivity contribution in [1.82, 2.24) is 0 Å². The summed E-state index contributed by atoms with van der Waals surface area (Å²) in [6, 6.07) is 29.6. The van der Waals surface area contributed by atoms with E-state index in [0.29, 0.717) is 0 Å². The molecule has 0 unspecified atom stereocenters. The first-order valence-electron chi connectivity index (χ1n) is 8.15. The Morgan fingerprint density at radius 1 is 0.435 bits per heavy atom. The van der Waals surface area contributed by atoms with Crippen LogP contribution in [-0.4, -0.2) is 0 Å². The van der Waals surface area contributed by atoms with Gasteiger partial charge in [0, 0.05) is 0 Å². The van der Waals surface area contributed by atoms with Gasteiger partial charge in [-0.25, -0.2) is 0 Å². The first kappa shape index (κ1) is 17.7. The van der Waals surface area contributed by atoms with E-state index in [1.54, 1.807) is 0 Å². The maximum atomic E-state index is 2.38. The van der Waals surface area contributed by atoms with E-state index in [9.17, 15) is 0 Å². The van der Waals surface area contributed by atoms with Crippen LogP contribution in [0.25, 0.3) is 22.3 Å². The van der Waals surface area contributed by atoms with E-state index >= 15 is 0 Å². The largest absolute Gasteiger partial charge is 0.0622 e. The van der Waals surface area contributed by atoms with Crippen LogP contribution < -0.4 is 0 Å². The third-order valence-electron chi connectivity index (χ3n) is 3.10. The van der Waals surface area contributed by atoms with Gasteiger partial charge in [-0.1, -0.05) is 84.9 Å². The van der Waals surface area contributed by atoms with Crippen molar-refractivity contribution in [1.29, 1.82) is 0 Å². The van der Waals surface area contributed by atoms with Crippen LogP contribution >= 0.6 is 0 Å². The van der Waals surface area contributed by atoms with Crippen molar-refractivity contribution in [3.05, 3.63) is 84.9 Å². The molecule has 0 aliphatic carbocycles. The summed E-state index contributed by atoms with van der Waals surface area (Å²) in [5.41, 5.74) is 5.09.